The molecule has 1 aromatic rings. The molecule has 1 atom stereocenters. The number of methoxy groups -OCH3 is 2. The van der Waals surface area contributed by atoms with E-state index in [1.807, 2.05) is 31.2 Å². The van der Waals surface area contributed by atoms with Crippen LogP contribution in [0.2, 0.25) is 5.02 Å². The average molecular weight is 311 g/mol. The Morgan fingerprint density at radius 1 is 1.33 bits per heavy atom. The summed E-state index contributed by atoms with van der Waals surface area (Å²) < 4.78 is 10.7. The van der Waals surface area contributed by atoms with Crippen molar-refractivity contribution in [3.63, 3.8) is 0 Å². The Morgan fingerprint density at radius 2 is 2.05 bits per heavy atom. The molecule has 0 aromatic heterocycles. The van der Waals surface area contributed by atoms with E-state index in [0.29, 0.717) is 5.92 Å². The van der Waals surface area contributed by atoms with E-state index in [4.69, 9.17) is 26.2 Å². The van der Waals surface area contributed by atoms with Gasteiger partial charge in [0.2, 0.25) is 0 Å². The second-order valence-corrected chi connectivity index (χ2v) is 5.94. The van der Waals surface area contributed by atoms with Crippen LogP contribution in [0, 0.1) is 5.92 Å². The summed E-state index contributed by atoms with van der Waals surface area (Å²) in [6, 6.07) is 6.06. The quantitative estimate of drug-likeness (QED) is 0.619. The number of benzene rings is 1. The molecule has 4 nitrogen and oxygen atoms in total. The largest absolute Gasteiger partial charge is 0.356 e. The monoisotopic (exact) mass is 310 g/mol. The number of hydrazone groups is 1. The zero-order valence-electron chi connectivity index (χ0n) is 13.1. The number of fused-ring (bicyclic) bond motifs is 1. The summed E-state index contributed by atoms with van der Waals surface area (Å²) in [5.41, 5.74) is 3.53. The number of nitrogens with zero attached hydrogens (tertiary/aromatic N) is 2. The van der Waals surface area contributed by atoms with Crippen molar-refractivity contribution in [2.45, 2.75) is 25.6 Å². The van der Waals surface area contributed by atoms with Crippen LogP contribution >= 0.6 is 11.6 Å². The Kier molecular flexibility index (Phi) is 5.62. The van der Waals surface area contributed by atoms with Crippen molar-refractivity contribution in [3.8, 4) is 0 Å². The van der Waals surface area contributed by atoms with Gasteiger partial charge in [0.15, 0.2) is 6.29 Å². The number of halogens is 1. The van der Waals surface area contributed by atoms with E-state index in [0.717, 1.165) is 35.6 Å². The molecule has 5 heteroatoms. The zero-order valence-corrected chi connectivity index (χ0v) is 13.9. The summed E-state index contributed by atoms with van der Waals surface area (Å²) in [7, 11) is 7.22. The standard InChI is InChI=1S/C16H23ClN2O2/c1-19(2)18-16-12(9-15(20-3)21-4)6-5-11-7-8-13(17)10-14(11)16/h7-8,10,12,15H,5-6,9H2,1-4H3. The van der Waals surface area contributed by atoms with Crippen LogP contribution in [-0.4, -0.2) is 45.3 Å². The molecule has 0 heterocycles. The molecular formula is C16H23ClN2O2. The number of aryl methyl sites for hydroxylation is 1. The average Bonchev–Trinajstić information content (AvgIpc) is 2.46. The number of hydrogen-bond donors (Lipinski definition) is 0. The third-order valence-corrected chi connectivity index (χ3v) is 4.04. The van der Waals surface area contributed by atoms with E-state index in [2.05, 4.69) is 6.07 Å². The van der Waals surface area contributed by atoms with Gasteiger partial charge in [0, 0.05) is 51.2 Å². The fourth-order valence-corrected chi connectivity index (χ4v) is 2.97. The van der Waals surface area contributed by atoms with Crippen LogP contribution in [0.1, 0.15) is 24.0 Å². The van der Waals surface area contributed by atoms with Gasteiger partial charge in [-0.1, -0.05) is 17.7 Å². The fraction of sp³-hybridized carbons (Fsp3) is 0.562. The van der Waals surface area contributed by atoms with Gasteiger partial charge in [-0.3, -0.25) is 0 Å². The van der Waals surface area contributed by atoms with Gasteiger partial charge in [-0.15, -0.1) is 0 Å². The molecule has 1 aliphatic carbocycles. The highest BCUT2D eigenvalue weighted by Gasteiger charge is 2.28. The van der Waals surface area contributed by atoms with Crippen LogP contribution in [0.15, 0.2) is 23.3 Å². The van der Waals surface area contributed by atoms with E-state index < -0.39 is 0 Å². The Labute approximate surface area is 131 Å². The molecule has 1 aliphatic rings. The first kappa shape index (κ1) is 16.3. The minimum atomic E-state index is -0.205. The van der Waals surface area contributed by atoms with Gasteiger partial charge in [0.1, 0.15) is 0 Å². The smallest absolute Gasteiger partial charge is 0.157 e. The zero-order chi connectivity index (χ0) is 15.4. The van der Waals surface area contributed by atoms with Crippen molar-refractivity contribution in [2.24, 2.45) is 11.0 Å². The summed E-state index contributed by atoms with van der Waals surface area (Å²) in [6.07, 6.45) is 2.67. The van der Waals surface area contributed by atoms with Crippen LogP contribution in [0.4, 0.5) is 0 Å². The lowest BCUT2D eigenvalue weighted by Gasteiger charge is -2.29. The summed E-state index contributed by atoms with van der Waals surface area (Å²) in [5, 5.41) is 7.29. The SMILES string of the molecule is COC(CC1CCc2ccc(Cl)cc2C1=NN(C)C)OC. The lowest BCUT2D eigenvalue weighted by atomic mass is 9.80. The highest BCUT2D eigenvalue weighted by Crippen LogP contribution is 2.31. The molecular weight excluding hydrogens is 288 g/mol. The van der Waals surface area contributed by atoms with Crippen molar-refractivity contribution in [2.75, 3.05) is 28.3 Å². The van der Waals surface area contributed by atoms with Crippen LogP contribution in [0.5, 0.6) is 0 Å². The van der Waals surface area contributed by atoms with Gasteiger partial charge >= 0.3 is 0 Å². The summed E-state index contributed by atoms with van der Waals surface area (Å²) in [6.45, 7) is 0. The van der Waals surface area contributed by atoms with Crippen molar-refractivity contribution in [1.82, 2.24) is 5.01 Å². The third kappa shape index (κ3) is 3.96. The van der Waals surface area contributed by atoms with Gasteiger partial charge in [-0.25, -0.2) is 0 Å². The van der Waals surface area contributed by atoms with E-state index in [9.17, 15) is 0 Å². The second kappa shape index (κ2) is 7.25. The molecule has 1 unspecified atom stereocenters. The molecule has 0 spiro atoms. The predicted octanol–water partition coefficient (Wildman–Crippen LogP) is 3.18. The van der Waals surface area contributed by atoms with Crippen LogP contribution < -0.4 is 0 Å². The molecule has 0 bridgehead atoms. The Hall–Kier alpha value is -1.10. The van der Waals surface area contributed by atoms with Gasteiger partial charge in [-0.05, 0) is 30.5 Å². The Morgan fingerprint density at radius 3 is 2.67 bits per heavy atom. The highest BCUT2D eigenvalue weighted by atomic mass is 35.5. The van der Waals surface area contributed by atoms with Crippen LogP contribution in [-0.2, 0) is 15.9 Å². The van der Waals surface area contributed by atoms with Crippen molar-refractivity contribution in [3.05, 3.63) is 34.3 Å². The molecule has 116 valence electrons. The lowest BCUT2D eigenvalue weighted by molar-refractivity contribution is -0.110. The van der Waals surface area contributed by atoms with Gasteiger partial charge in [0.25, 0.3) is 0 Å². The van der Waals surface area contributed by atoms with Crippen molar-refractivity contribution >= 4 is 17.3 Å². The first-order valence-corrected chi connectivity index (χ1v) is 7.53. The first-order valence-electron chi connectivity index (χ1n) is 7.15. The van der Waals surface area contributed by atoms with Crippen LogP contribution in [0.3, 0.4) is 0 Å². The van der Waals surface area contributed by atoms with E-state index in [1.165, 1.54) is 5.56 Å². The maximum absolute atomic E-state index is 6.17. The Balaban J connectivity index is 2.35. The normalized spacial score (nSPS) is 19.9. The first-order chi connectivity index (χ1) is 10.0. The lowest BCUT2D eigenvalue weighted by Crippen LogP contribution is -2.30. The molecule has 1 aromatic carbocycles. The summed E-state index contributed by atoms with van der Waals surface area (Å²) >= 11 is 6.17. The van der Waals surface area contributed by atoms with E-state index in [1.54, 1.807) is 14.2 Å². The van der Waals surface area contributed by atoms with Gasteiger partial charge < -0.3 is 14.5 Å². The topological polar surface area (TPSA) is 34.1 Å². The molecule has 0 saturated heterocycles. The fourth-order valence-electron chi connectivity index (χ4n) is 2.79. The molecule has 0 N–H and O–H groups in total. The van der Waals surface area contributed by atoms with Crippen LogP contribution in [0.25, 0.3) is 0 Å². The predicted molar refractivity (Wildman–Crippen MR) is 85.9 cm³/mol. The summed E-state index contributed by atoms with van der Waals surface area (Å²) in [5.74, 6) is 0.309. The second-order valence-electron chi connectivity index (χ2n) is 5.51. The number of rotatable bonds is 5. The molecule has 0 radical (unpaired) electrons. The molecule has 0 fully saturated rings. The van der Waals surface area contributed by atoms with E-state index in [-0.39, 0.29) is 6.29 Å². The van der Waals surface area contributed by atoms with E-state index >= 15 is 0 Å². The molecule has 2 rings (SSSR count). The van der Waals surface area contributed by atoms with Crippen molar-refractivity contribution < 1.29 is 9.47 Å². The highest BCUT2D eigenvalue weighted by molar-refractivity contribution is 6.31. The Bertz CT molecular complexity index is 513. The molecule has 0 saturated carbocycles. The molecule has 21 heavy (non-hydrogen) atoms. The van der Waals surface area contributed by atoms with Gasteiger partial charge in [-0.2, -0.15) is 5.10 Å². The summed E-state index contributed by atoms with van der Waals surface area (Å²) in [4.78, 5) is 0. The third-order valence-electron chi connectivity index (χ3n) is 3.81. The maximum atomic E-state index is 6.17. The van der Waals surface area contributed by atoms with Gasteiger partial charge in [0.05, 0.1) is 5.71 Å². The molecule has 0 amide bonds. The molecule has 0 aliphatic heterocycles. The van der Waals surface area contributed by atoms with Crippen molar-refractivity contribution in [1.29, 1.82) is 0 Å². The minimum absolute atomic E-state index is 0.205. The minimum Gasteiger partial charge on any atom is -0.356 e. The number of hydrogen-bond acceptors (Lipinski definition) is 4. The number of ether oxygens (including phenoxy) is 2. The maximum Gasteiger partial charge on any atom is 0.157 e.